The fourth-order valence-corrected chi connectivity index (χ4v) is 2.74. The smallest absolute Gasteiger partial charge is 0.0630 e. The standard InChI is InChI=1S/C13H28N2O/c1-5-14-9-13(10-16-4)15-7-6-11(2)8-12(15)3/h11-14H,5-10H2,1-4H3. The Morgan fingerprint density at radius 3 is 2.75 bits per heavy atom. The Labute approximate surface area is 101 Å². The van der Waals surface area contributed by atoms with Gasteiger partial charge in [0.15, 0.2) is 0 Å². The molecule has 96 valence electrons. The average molecular weight is 228 g/mol. The highest BCUT2D eigenvalue weighted by atomic mass is 16.5. The Balaban J connectivity index is 2.48. The van der Waals surface area contributed by atoms with E-state index in [4.69, 9.17) is 4.74 Å². The van der Waals surface area contributed by atoms with Crippen molar-refractivity contribution in [3.8, 4) is 0 Å². The molecule has 0 bridgehead atoms. The van der Waals surface area contributed by atoms with Crippen LogP contribution in [-0.4, -0.2) is 50.3 Å². The van der Waals surface area contributed by atoms with Crippen molar-refractivity contribution in [1.29, 1.82) is 0 Å². The Kier molecular flexibility index (Phi) is 6.32. The van der Waals surface area contributed by atoms with E-state index in [0.717, 1.165) is 25.6 Å². The molecule has 0 spiro atoms. The van der Waals surface area contributed by atoms with Crippen LogP contribution in [0.4, 0.5) is 0 Å². The van der Waals surface area contributed by atoms with E-state index in [0.29, 0.717) is 12.1 Å². The van der Waals surface area contributed by atoms with Gasteiger partial charge < -0.3 is 10.1 Å². The van der Waals surface area contributed by atoms with Crippen molar-refractivity contribution in [3.63, 3.8) is 0 Å². The first kappa shape index (κ1) is 13.9. The second-order valence-electron chi connectivity index (χ2n) is 5.13. The van der Waals surface area contributed by atoms with Crippen LogP contribution in [0.25, 0.3) is 0 Å². The van der Waals surface area contributed by atoms with Crippen LogP contribution in [0.15, 0.2) is 0 Å². The number of methoxy groups -OCH3 is 1. The van der Waals surface area contributed by atoms with Crippen molar-refractivity contribution in [2.75, 3.05) is 33.4 Å². The van der Waals surface area contributed by atoms with Gasteiger partial charge >= 0.3 is 0 Å². The third-order valence-corrected chi connectivity index (χ3v) is 3.65. The number of likely N-dealkylation sites (tertiary alicyclic amines) is 1. The molecule has 3 heteroatoms. The van der Waals surface area contributed by atoms with Crippen molar-refractivity contribution in [3.05, 3.63) is 0 Å². The minimum atomic E-state index is 0.535. The van der Waals surface area contributed by atoms with Gasteiger partial charge in [-0.25, -0.2) is 0 Å². The minimum Gasteiger partial charge on any atom is -0.383 e. The normalized spacial score (nSPS) is 29.2. The lowest BCUT2D eigenvalue weighted by molar-refractivity contribution is 0.0342. The summed E-state index contributed by atoms with van der Waals surface area (Å²) in [5, 5.41) is 3.44. The number of piperidine rings is 1. The highest BCUT2D eigenvalue weighted by Crippen LogP contribution is 2.23. The topological polar surface area (TPSA) is 24.5 Å². The van der Waals surface area contributed by atoms with Crippen LogP contribution < -0.4 is 5.32 Å². The maximum atomic E-state index is 5.35. The molecule has 0 radical (unpaired) electrons. The Bertz CT molecular complexity index is 187. The van der Waals surface area contributed by atoms with Gasteiger partial charge in [0.05, 0.1) is 6.61 Å². The van der Waals surface area contributed by atoms with Gasteiger partial charge in [0, 0.05) is 25.7 Å². The van der Waals surface area contributed by atoms with E-state index in [1.807, 2.05) is 0 Å². The van der Waals surface area contributed by atoms with Crippen LogP contribution in [-0.2, 0) is 4.74 Å². The van der Waals surface area contributed by atoms with Crippen LogP contribution in [0.1, 0.15) is 33.6 Å². The predicted molar refractivity (Wildman–Crippen MR) is 68.8 cm³/mol. The number of ether oxygens (including phenoxy) is 1. The van der Waals surface area contributed by atoms with Crippen molar-refractivity contribution in [2.45, 2.75) is 45.7 Å². The molecule has 1 aliphatic heterocycles. The van der Waals surface area contributed by atoms with Crippen molar-refractivity contribution in [1.82, 2.24) is 10.2 Å². The van der Waals surface area contributed by atoms with Gasteiger partial charge in [0.2, 0.25) is 0 Å². The van der Waals surface area contributed by atoms with Crippen molar-refractivity contribution < 1.29 is 4.74 Å². The zero-order valence-electron chi connectivity index (χ0n) is 11.3. The monoisotopic (exact) mass is 228 g/mol. The zero-order valence-corrected chi connectivity index (χ0v) is 11.3. The number of likely N-dealkylation sites (N-methyl/N-ethyl adjacent to an activating group) is 1. The van der Waals surface area contributed by atoms with E-state index in [9.17, 15) is 0 Å². The predicted octanol–water partition coefficient (Wildman–Crippen LogP) is 1.73. The Hall–Kier alpha value is -0.120. The number of nitrogens with one attached hydrogen (secondary N) is 1. The molecule has 1 saturated heterocycles. The molecule has 1 aliphatic rings. The highest BCUT2D eigenvalue weighted by molar-refractivity contribution is 4.83. The third-order valence-electron chi connectivity index (χ3n) is 3.65. The third kappa shape index (κ3) is 4.04. The summed E-state index contributed by atoms with van der Waals surface area (Å²) in [6.07, 6.45) is 2.66. The van der Waals surface area contributed by atoms with Gasteiger partial charge in [-0.3, -0.25) is 4.90 Å². The second-order valence-corrected chi connectivity index (χ2v) is 5.13. The van der Waals surface area contributed by atoms with Gasteiger partial charge in [-0.15, -0.1) is 0 Å². The largest absolute Gasteiger partial charge is 0.383 e. The zero-order chi connectivity index (χ0) is 12.0. The highest BCUT2D eigenvalue weighted by Gasteiger charge is 2.28. The van der Waals surface area contributed by atoms with E-state index in [2.05, 4.69) is 31.0 Å². The maximum Gasteiger partial charge on any atom is 0.0630 e. The lowest BCUT2D eigenvalue weighted by atomic mass is 9.92. The van der Waals surface area contributed by atoms with E-state index >= 15 is 0 Å². The average Bonchev–Trinajstić information content (AvgIpc) is 2.25. The first-order chi connectivity index (χ1) is 7.69. The molecule has 0 aliphatic carbocycles. The fourth-order valence-electron chi connectivity index (χ4n) is 2.74. The molecule has 1 heterocycles. The van der Waals surface area contributed by atoms with Gasteiger partial charge in [0.25, 0.3) is 0 Å². The lowest BCUT2D eigenvalue weighted by Gasteiger charge is -2.41. The summed E-state index contributed by atoms with van der Waals surface area (Å²) in [5.41, 5.74) is 0. The van der Waals surface area contributed by atoms with Crippen LogP contribution in [0, 0.1) is 5.92 Å². The Morgan fingerprint density at radius 1 is 1.44 bits per heavy atom. The van der Waals surface area contributed by atoms with Crippen LogP contribution >= 0.6 is 0 Å². The van der Waals surface area contributed by atoms with E-state index < -0.39 is 0 Å². The van der Waals surface area contributed by atoms with Gasteiger partial charge in [0.1, 0.15) is 0 Å². The summed E-state index contributed by atoms with van der Waals surface area (Å²) in [4.78, 5) is 2.62. The quantitative estimate of drug-likeness (QED) is 0.749. The SMILES string of the molecule is CCNCC(COC)N1CCC(C)CC1C. The van der Waals surface area contributed by atoms with Gasteiger partial charge in [-0.1, -0.05) is 13.8 Å². The summed E-state index contributed by atoms with van der Waals surface area (Å²) in [5.74, 6) is 0.883. The fraction of sp³-hybridized carbons (Fsp3) is 1.00. The molecule has 0 saturated carbocycles. The lowest BCUT2D eigenvalue weighted by Crippen LogP contribution is -2.52. The van der Waals surface area contributed by atoms with Crippen molar-refractivity contribution >= 4 is 0 Å². The molecule has 1 rings (SSSR count). The molecular formula is C13H28N2O. The number of nitrogens with zero attached hydrogens (tertiary/aromatic N) is 1. The second kappa shape index (κ2) is 7.25. The summed E-state index contributed by atoms with van der Waals surface area (Å²) in [7, 11) is 1.80. The van der Waals surface area contributed by atoms with E-state index in [1.54, 1.807) is 7.11 Å². The molecule has 3 nitrogen and oxygen atoms in total. The van der Waals surface area contributed by atoms with Gasteiger partial charge in [-0.2, -0.15) is 0 Å². The summed E-state index contributed by atoms with van der Waals surface area (Å²) >= 11 is 0. The molecule has 0 aromatic carbocycles. The maximum absolute atomic E-state index is 5.35. The molecule has 16 heavy (non-hydrogen) atoms. The number of rotatable bonds is 6. The van der Waals surface area contributed by atoms with E-state index in [-0.39, 0.29) is 0 Å². The molecule has 0 aromatic rings. The molecular weight excluding hydrogens is 200 g/mol. The van der Waals surface area contributed by atoms with E-state index in [1.165, 1.54) is 19.4 Å². The minimum absolute atomic E-state index is 0.535. The molecule has 3 atom stereocenters. The first-order valence-corrected chi connectivity index (χ1v) is 6.64. The van der Waals surface area contributed by atoms with Crippen LogP contribution in [0.5, 0.6) is 0 Å². The summed E-state index contributed by atoms with van der Waals surface area (Å²) < 4.78 is 5.35. The summed E-state index contributed by atoms with van der Waals surface area (Å²) in [6, 6.07) is 1.23. The number of hydrogen-bond donors (Lipinski definition) is 1. The molecule has 0 amide bonds. The molecule has 0 aromatic heterocycles. The number of hydrogen-bond acceptors (Lipinski definition) is 3. The Morgan fingerprint density at radius 2 is 2.19 bits per heavy atom. The van der Waals surface area contributed by atoms with Crippen LogP contribution in [0.2, 0.25) is 0 Å². The summed E-state index contributed by atoms with van der Waals surface area (Å²) in [6.45, 7) is 11.0. The molecule has 1 N–H and O–H groups in total. The molecule has 3 unspecified atom stereocenters. The molecule has 1 fully saturated rings. The van der Waals surface area contributed by atoms with Gasteiger partial charge in [-0.05, 0) is 38.8 Å². The first-order valence-electron chi connectivity index (χ1n) is 6.64. The van der Waals surface area contributed by atoms with Crippen LogP contribution in [0.3, 0.4) is 0 Å². The van der Waals surface area contributed by atoms with Crippen molar-refractivity contribution in [2.24, 2.45) is 5.92 Å².